The summed E-state index contributed by atoms with van der Waals surface area (Å²) in [6.45, 7) is 5.41. The quantitative estimate of drug-likeness (QED) is 0.649. The molecule has 3 heterocycles. The van der Waals surface area contributed by atoms with E-state index >= 15 is 0 Å². The van der Waals surface area contributed by atoms with Crippen molar-refractivity contribution < 1.29 is 9.59 Å². The Morgan fingerprint density at radius 3 is 2.56 bits per heavy atom. The highest BCUT2D eigenvalue weighted by Crippen LogP contribution is 2.29. The third-order valence-electron chi connectivity index (χ3n) is 8.07. The van der Waals surface area contributed by atoms with Crippen LogP contribution in [0.4, 0.5) is 5.69 Å². The molecule has 2 aromatic rings. The van der Waals surface area contributed by atoms with Crippen LogP contribution in [0.25, 0.3) is 0 Å². The second-order valence-corrected chi connectivity index (χ2v) is 10.6. The summed E-state index contributed by atoms with van der Waals surface area (Å²) in [7, 11) is 2.12. The highest BCUT2D eigenvalue weighted by Gasteiger charge is 2.45. The average Bonchev–Trinajstić information content (AvgIpc) is 3.27. The minimum atomic E-state index is -0.180. The van der Waals surface area contributed by atoms with Gasteiger partial charge in [-0.15, -0.1) is 0 Å². The van der Waals surface area contributed by atoms with Gasteiger partial charge < -0.3 is 15.1 Å². The monoisotopic (exact) mass is 509 g/mol. The van der Waals surface area contributed by atoms with Gasteiger partial charge in [-0.05, 0) is 49.7 Å². The van der Waals surface area contributed by atoms with Crippen LogP contribution in [-0.2, 0) is 16.1 Å². The molecule has 7 nitrogen and oxygen atoms in total. The number of para-hydroxylation sites is 1. The third kappa shape index (κ3) is 5.53. The Kier molecular flexibility index (Phi) is 7.79. The summed E-state index contributed by atoms with van der Waals surface area (Å²) >= 11 is 6.18. The summed E-state index contributed by atoms with van der Waals surface area (Å²) in [4.78, 5) is 35.1. The van der Waals surface area contributed by atoms with Crippen LogP contribution in [-0.4, -0.2) is 91.0 Å². The van der Waals surface area contributed by atoms with Gasteiger partial charge in [0.1, 0.15) is 6.04 Å². The molecule has 1 N–H and O–H groups in total. The largest absolute Gasteiger partial charge is 0.368 e. The van der Waals surface area contributed by atoms with Gasteiger partial charge in [-0.25, -0.2) is 0 Å². The van der Waals surface area contributed by atoms with E-state index in [2.05, 4.69) is 57.4 Å². The maximum Gasteiger partial charge on any atom is 0.239 e. The van der Waals surface area contributed by atoms with Gasteiger partial charge in [0.25, 0.3) is 0 Å². The van der Waals surface area contributed by atoms with E-state index in [9.17, 15) is 9.59 Å². The topological polar surface area (TPSA) is 59.1 Å². The first-order valence-corrected chi connectivity index (χ1v) is 13.4. The Bertz CT molecular complexity index is 1060. The van der Waals surface area contributed by atoms with Crippen molar-refractivity contribution in [1.82, 2.24) is 20.0 Å². The summed E-state index contributed by atoms with van der Waals surface area (Å²) in [5.74, 6) is 0.314. The maximum absolute atomic E-state index is 13.1. The number of amides is 2. The van der Waals surface area contributed by atoms with Crippen molar-refractivity contribution in [2.24, 2.45) is 0 Å². The van der Waals surface area contributed by atoms with Gasteiger partial charge in [0.05, 0.1) is 0 Å². The molecule has 3 aliphatic rings. The number of nitrogens with one attached hydrogen (secondary N) is 1. The number of likely N-dealkylation sites (tertiary alicyclic amines) is 1. The number of likely N-dealkylation sites (N-methyl/N-ethyl adjacent to an activating group) is 1. The molecule has 0 bridgehead atoms. The lowest BCUT2D eigenvalue weighted by Crippen LogP contribution is -2.50. The molecule has 36 heavy (non-hydrogen) atoms. The minimum Gasteiger partial charge on any atom is -0.368 e. The molecule has 0 unspecified atom stereocenters. The van der Waals surface area contributed by atoms with Crippen molar-refractivity contribution in [3.05, 3.63) is 65.2 Å². The molecule has 8 heteroatoms. The van der Waals surface area contributed by atoms with Gasteiger partial charge in [-0.2, -0.15) is 0 Å². The molecule has 0 radical (unpaired) electrons. The normalized spacial score (nSPS) is 25.4. The fourth-order valence-corrected chi connectivity index (χ4v) is 6.21. The first kappa shape index (κ1) is 25.1. The number of nitrogens with zero attached hydrogens (tertiary/aromatic N) is 4. The number of fused-ring (bicyclic) bond motifs is 1. The van der Waals surface area contributed by atoms with Crippen LogP contribution >= 0.6 is 11.6 Å². The molecule has 192 valence electrons. The van der Waals surface area contributed by atoms with E-state index in [0.717, 1.165) is 56.2 Å². The fourth-order valence-electron chi connectivity index (χ4n) is 6.00. The molecule has 5 rings (SSSR count). The molecule has 3 aliphatic heterocycles. The van der Waals surface area contributed by atoms with Crippen molar-refractivity contribution in [2.45, 2.75) is 43.9 Å². The average molecular weight is 510 g/mol. The van der Waals surface area contributed by atoms with Gasteiger partial charge in [0.15, 0.2) is 0 Å². The molecule has 2 aromatic carbocycles. The Labute approximate surface area is 219 Å². The minimum absolute atomic E-state index is 0.0947. The highest BCUT2D eigenvalue weighted by molar-refractivity contribution is 6.30. The van der Waals surface area contributed by atoms with Crippen LogP contribution in [0.5, 0.6) is 0 Å². The van der Waals surface area contributed by atoms with Crippen molar-refractivity contribution in [2.75, 3.05) is 51.2 Å². The van der Waals surface area contributed by atoms with Gasteiger partial charge in [-0.1, -0.05) is 41.9 Å². The Hall–Kier alpha value is -2.61. The van der Waals surface area contributed by atoms with Gasteiger partial charge in [0, 0.05) is 75.0 Å². The van der Waals surface area contributed by atoms with Gasteiger partial charge in [-0.3, -0.25) is 19.4 Å². The Balaban J connectivity index is 1.14. The SMILES string of the molecule is CN1[C@@H](CCC(=O)N2CCN(c3ccccc3)CC2)CNC(=O)[C@@H]2[C@H]1CCN2Cc1cccc(Cl)c1. The van der Waals surface area contributed by atoms with E-state index in [-0.39, 0.29) is 29.9 Å². The smallest absolute Gasteiger partial charge is 0.239 e. The molecule has 2 amide bonds. The standard InChI is InChI=1S/C28H36ClN5O2/c1-31-24(10-11-26(35)33-16-14-32(15-17-33)23-8-3-2-4-9-23)19-30-28(36)27-25(31)12-13-34(27)20-21-6-5-7-22(29)18-21/h2-9,18,24-25,27H,10-17,19-20H2,1H3,(H,30,36)/t24-,25+,27-/m0/s1. The number of hydrogen-bond acceptors (Lipinski definition) is 5. The molecule has 0 spiro atoms. The van der Waals surface area contributed by atoms with E-state index in [0.29, 0.717) is 19.5 Å². The Morgan fingerprint density at radius 2 is 1.81 bits per heavy atom. The molecule has 0 saturated carbocycles. The predicted molar refractivity (Wildman–Crippen MR) is 143 cm³/mol. The lowest BCUT2D eigenvalue weighted by atomic mass is 10.0. The van der Waals surface area contributed by atoms with Crippen LogP contribution in [0.1, 0.15) is 24.8 Å². The molecular formula is C28H36ClN5O2. The molecular weight excluding hydrogens is 474 g/mol. The molecule has 3 atom stereocenters. The summed E-state index contributed by atoms with van der Waals surface area (Å²) in [6, 6.07) is 18.4. The summed E-state index contributed by atoms with van der Waals surface area (Å²) < 4.78 is 0. The lowest BCUT2D eigenvalue weighted by molar-refractivity contribution is -0.132. The van der Waals surface area contributed by atoms with Crippen LogP contribution in [0, 0.1) is 0 Å². The second-order valence-electron chi connectivity index (χ2n) is 10.2. The maximum atomic E-state index is 13.1. The number of carbonyl (C=O) groups is 2. The van der Waals surface area contributed by atoms with Crippen molar-refractivity contribution in [3.8, 4) is 0 Å². The van der Waals surface area contributed by atoms with Crippen molar-refractivity contribution in [1.29, 1.82) is 0 Å². The number of carbonyl (C=O) groups excluding carboxylic acids is 2. The summed E-state index contributed by atoms with van der Waals surface area (Å²) in [5, 5.41) is 3.89. The Morgan fingerprint density at radius 1 is 1.03 bits per heavy atom. The van der Waals surface area contributed by atoms with Gasteiger partial charge >= 0.3 is 0 Å². The molecule has 3 fully saturated rings. The van der Waals surface area contributed by atoms with Crippen molar-refractivity contribution in [3.63, 3.8) is 0 Å². The van der Waals surface area contributed by atoms with E-state index in [1.807, 2.05) is 29.2 Å². The number of halogens is 1. The number of anilines is 1. The lowest BCUT2D eigenvalue weighted by Gasteiger charge is -2.37. The number of rotatable bonds is 6. The summed E-state index contributed by atoms with van der Waals surface area (Å²) in [6.07, 6.45) is 2.22. The zero-order valence-electron chi connectivity index (χ0n) is 21.0. The molecule has 0 aromatic heterocycles. The fraction of sp³-hybridized carbons (Fsp3) is 0.500. The number of benzene rings is 2. The predicted octanol–water partition coefficient (Wildman–Crippen LogP) is 2.84. The first-order valence-electron chi connectivity index (χ1n) is 13.1. The highest BCUT2D eigenvalue weighted by atomic mass is 35.5. The number of piperazine rings is 1. The van der Waals surface area contributed by atoms with E-state index < -0.39 is 0 Å². The first-order chi connectivity index (χ1) is 17.5. The van der Waals surface area contributed by atoms with Crippen LogP contribution in [0.15, 0.2) is 54.6 Å². The van der Waals surface area contributed by atoms with E-state index in [1.54, 1.807) is 0 Å². The van der Waals surface area contributed by atoms with E-state index in [1.165, 1.54) is 5.69 Å². The zero-order chi connectivity index (χ0) is 25.1. The van der Waals surface area contributed by atoms with Gasteiger partial charge in [0.2, 0.25) is 11.8 Å². The molecule has 0 aliphatic carbocycles. The second kappa shape index (κ2) is 11.2. The van der Waals surface area contributed by atoms with Crippen molar-refractivity contribution >= 4 is 29.1 Å². The molecule has 3 saturated heterocycles. The van der Waals surface area contributed by atoms with Crippen LogP contribution < -0.4 is 10.2 Å². The van der Waals surface area contributed by atoms with E-state index in [4.69, 9.17) is 11.6 Å². The number of hydrogen-bond donors (Lipinski definition) is 1. The summed E-state index contributed by atoms with van der Waals surface area (Å²) in [5.41, 5.74) is 2.34. The van der Waals surface area contributed by atoms with Crippen LogP contribution in [0.3, 0.4) is 0 Å². The third-order valence-corrected chi connectivity index (χ3v) is 8.30. The van der Waals surface area contributed by atoms with Crippen LogP contribution in [0.2, 0.25) is 5.02 Å². The zero-order valence-corrected chi connectivity index (χ0v) is 21.7.